The molecule has 2 aromatic carbocycles. The van der Waals surface area contributed by atoms with Gasteiger partial charge in [0.2, 0.25) is 0 Å². The molecule has 0 fully saturated rings. The molecule has 0 bridgehead atoms. The Hall–Kier alpha value is -2.11. The third-order valence-electron chi connectivity index (χ3n) is 2.52. The first-order chi connectivity index (χ1) is 8.70. The predicted molar refractivity (Wildman–Crippen MR) is 77.8 cm³/mol. The minimum absolute atomic E-state index is 0.594. The van der Waals surface area contributed by atoms with E-state index in [-0.39, 0.29) is 0 Å². The van der Waals surface area contributed by atoms with Crippen molar-refractivity contribution in [2.45, 2.75) is 0 Å². The lowest BCUT2D eigenvalue weighted by Gasteiger charge is -2.06. The largest absolute Gasteiger partial charge is 0.397 e. The fourth-order valence-corrected chi connectivity index (χ4v) is 1.77. The normalized spacial score (nSPS) is 9.44. The van der Waals surface area contributed by atoms with Crippen LogP contribution in [0.25, 0.3) is 0 Å². The Morgan fingerprint density at radius 1 is 1.11 bits per heavy atom. The Bertz CT molecular complexity index is 610. The second-order valence-corrected chi connectivity index (χ2v) is 4.19. The first kappa shape index (κ1) is 12.3. The molecule has 0 unspecified atom stereocenters. The molecule has 2 rings (SSSR count). The van der Waals surface area contributed by atoms with Gasteiger partial charge >= 0.3 is 0 Å². The molecule has 0 aliphatic heterocycles. The summed E-state index contributed by atoms with van der Waals surface area (Å²) in [5, 5.41) is 3.57. The number of nitrogen functional groups attached to an aromatic ring is 1. The molecular weight excluding hydrogens is 244 g/mol. The van der Waals surface area contributed by atoms with Crippen LogP contribution in [0.5, 0.6) is 0 Å². The molecule has 0 spiro atoms. The van der Waals surface area contributed by atoms with Crippen molar-refractivity contribution in [3.63, 3.8) is 0 Å². The molecule has 0 saturated carbocycles. The van der Waals surface area contributed by atoms with Crippen molar-refractivity contribution in [2.24, 2.45) is 0 Å². The lowest BCUT2D eigenvalue weighted by Crippen LogP contribution is -1.96. The van der Waals surface area contributed by atoms with Crippen LogP contribution in [-0.2, 0) is 0 Å². The van der Waals surface area contributed by atoms with Crippen molar-refractivity contribution in [3.8, 4) is 11.8 Å². The summed E-state index contributed by atoms with van der Waals surface area (Å²) >= 11 is 6.15. The van der Waals surface area contributed by atoms with Gasteiger partial charge in [-0.3, -0.25) is 0 Å². The lowest BCUT2D eigenvalue weighted by atomic mass is 10.1. The van der Waals surface area contributed by atoms with Crippen molar-refractivity contribution < 1.29 is 0 Å². The number of benzene rings is 2. The van der Waals surface area contributed by atoms with Crippen molar-refractivity contribution in [2.75, 3.05) is 18.1 Å². The third kappa shape index (κ3) is 2.77. The molecular formula is C15H13ClN2. The molecule has 0 atom stereocenters. The number of nitrogens with one attached hydrogen (secondary N) is 1. The highest BCUT2D eigenvalue weighted by Crippen LogP contribution is 2.26. The van der Waals surface area contributed by atoms with E-state index < -0.39 is 0 Å². The molecule has 0 aliphatic carbocycles. The summed E-state index contributed by atoms with van der Waals surface area (Å²) in [6, 6.07) is 13.3. The van der Waals surface area contributed by atoms with Crippen molar-refractivity contribution in [1.82, 2.24) is 0 Å². The van der Waals surface area contributed by atoms with Gasteiger partial charge in [0.1, 0.15) is 0 Å². The standard InChI is InChI=1S/C15H13ClN2/c1-18-15-10-13(16)12(9-14(15)17)8-7-11-5-3-2-4-6-11/h2-6,9-10,18H,17H2,1H3. The number of anilines is 2. The molecule has 90 valence electrons. The second-order valence-electron chi connectivity index (χ2n) is 3.79. The van der Waals surface area contributed by atoms with Crippen molar-refractivity contribution in [3.05, 3.63) is 58.6 Å². The Balaban J connectivity index is 2.36. The number of rotatable bonds is 1. The highest BCUT2D eigenvalue weighted by molar-refractivity contribution is 6.32. The smallest absolute Gasteiger partial charge is 0.0587 e. The van der Waals surface area contributed by atoms with Gasteiger partial charge in [-0.1, -0.05) is 41.6 Å². The third-order valence-corrected chi connectivity index (χ3v) is 2.84. The highest BCUT2D eigenvalue weighted by Gasteiger charge is 2.03. The van der Waals surface area contributed by atoms with Crippen LogP contribution in [0.4, 0.5) is 11.4 Å². The van der Waals surface area contributed by atoms with E-state index >= 15 is 0 Å². The van der Waals surface area contributed by atoms with E-state index in [4.69, 9.17) is 17.3 Å². The molecule has 0 amide bonds. The molecule has 0 saturated heterocycles. The molecule has 3 heteroatoms. The van der Waals surface area contributed by atoms with Gasteiger partial charge in [0.25, 0.3) is 0 Å². The second kappa shape index (κ2) is 5.48. The molecule has 2 nitrogen and oxygen atoms in total. The summed E-state index contributed by atoms with van der Waals surface area (Å²) < 4.78 is 0. The zero-order chi connectivity index (χ0) is 13.0. The van der Waals surface area contributed by atoms with Crippen LogP contribution in [0.2, 0.25) is 5.02 Å². The summed E-state index contributed by atoms with van der Waals surface area (Å²) in [7, 11) is 1.80. The number of nitrogens with two attached hydrogens (primary N) is 1. The zero-order valence-corrected chi connectivity index (χ0v) is 10.8. The molecule has 0 radical (unpaired) electrons. The molecule has 0 aromatic heterocycles. The van der Waals surface area contributed by atoms with Crippen LogP contribution in [0, 0.1) is 11.8 Å². The average molecular weight is 257 g/mol. The van der Waals surface area contributed by atoms with Gasteiger partial charge in [-0.2, -0.15) is 0 Å². The van der Waals surface area contributed by atoms with Gasteiger partial charge in [0.05, 0.1) is 16.4 Å². The summed E-state index contributed by atoms with van der Waals surface area (Å²) in [6.45, 7) is 0. The van der Waals surface area contributed by atoms with Gasteiger partial charge in [0.15, 0.2) is 0 Å². The Morgan fingerprint density at radius 2 is 1.83 bits per heavy atom. The van der Waals surface area contributed by atoms with Gasteiger partial charge in [0, 0.05) is 18.2 Å². The molecule has 0 aliphatic rings. The average Bonchev–Trinajstić information content (AvgIpc) is 2.40. The fraction of sp³-hybridized carbons (Fsp3) is 0.0667. The fourth-order valence-electron chi connectivity index (χ4n) is 1.56. The molecule has 3 N–H and O–H groups in total. The van der Waals surface area contributed by atoms with Gasteiger partial charge in [-0.15, -0.1) is 0 Å². The van der Waals surface area contributed by atoms with Gasteiger partial charge < -0.3 is 11.1 Å². The number of hydrogen-bond acceptors (Lipinski definition) is 2. The zero-order valence-electron chi connectivity index (χ0n) is 10.00. The van der Waals surface area contributed by atoms with E-state index in [2.05, 4.69) is 17.2 Å². The van der Waals surface area contributed by atoms with E-state index in [1.165, 1.54) is 0 Å². The van der Waals surface area contributed by atoms with E-state index in [1.54, 1.807) is 19.2 Å². The maximum absolute atomic E-state index is 6.15. The summed E-state index contributed by atoms with van der Waals surface area (Å²) in [4.78, 5) is 0. The SMILES string of the molecule is CNc1cc(Cl)c(C#Cc2ccccc2)cc1N. The number of halogens is 1. The monoisotopic (exact) mass is 256 g/mol. The summed E-state index contributed by atoms with van der Waals surface area (Å²) in [6.07, 6.45) is 0. The van der Waals surface area contributed by atoms with Gasteiger partial charge in [-0.25, -0.2) is 0 Å². The first-order valence-corrected chi connectivity index (χ1v) is 5.92. The van der Waals surface area contributed by atoms with Crippen molar-refractivity contribution >= 4 is 23.0 Å². The molecule has 18 heavy (non-hydrogen) atoms. The summed E-state index contributed by atoms with van der Waals surface area (Å²) in [5.41, 5.74) is 9.01. The van der Waals surface area contributed by atoms with Crippen LogP contribution >= 0.6 is 11.6 Å². The Morgan fingerprint density at radius 3 is 2.50 bits per heavy atom. The molecule has 2 aromatic rings. The maximum Gasteiger partial charge on any atom is 0.0587 e. The van der Waals surface area contributed by atoms with Crippen LogP contribution in [0.1, 0.15) is 11.1 Å². The first-order valence-electron chi connectivity index (χ1n) is 5.54. The van der Waals surface area contributed by atoms with E-state index in [1.807, 2.05) is 30.3 Å². The lowest BCUT2D eigenvalue weighted by molar-refractivity contribution is 1.50. The highest BCUT2D eigenvalue weighted by atomic mass is 35.5. The quantitative estimate of drug-likeness (QED) is 0.607. The van der Waals surface area contributed by atoms with Crippen LogP contribution in [0.3, 0.4) is 0 Å². The Kier molecular flexibility index (Phi) is 3.76. The van der Waals surface area contributed by atoms with Crippen LogP contribution in [-0.4, -0.2) is 7.05 Å². The van der Waals surface area contributed by atoms with Crippen molar-refractivity contribution in [1.29, 1.82) is 0 Å². The Labute approximate surface area is 112 Å². The maximum atomic E-state index is 6.15. The van der Waals surface area contributed by atoms with Gasteiger partial charge in [-0.05, 0) is 24.3 Å². The minimum Gasteiger partial charge on any atom is -0.397 e. The molecule has 0 heterocycles. The van der Waals surface area contributed by atoms with Crippen LogP contribution in [0.15, 0.2) is 42.5 Å². The van der Waals surface area contributed by atoms with E-state index in [0.717, 1.165) is 16.8 Å². The predicted octanol–water partition coefficient (Wildman–Crippen LogP) is 3.36. The summed E-state index contributed by atoms with van der Waals surface area (Å²) in [5.74, 6) is 6.09. The van der Waals surface area contributed by atoms with Crippen LogP contribution < -0.4 is 11.1 Å². The van der Waals surface area contributed by atoms with E-state index in [9.17, 15) is 0 Å². The van der Waals surface area contributed by atoms with E-state index in [0.29, 0.717) is 10.7 Å². The number of hydrogen-bond donors (Lipinski definition) is 2. The minimum atomic E-state index is 0.594. The topological polar surface area (TPSA) is 38.0 Å².